The van der Waals surface area contributed by atoms with Gasteiger partial charge in [0.1, 0.15) is 5.75 Å². The van der Waals surface area contributed by atoms with Crippen molar-refractivity contribution in [2.24, 2.45) is 5.92 Å². The van der Waals surface area contributed by atoms with E-state index in [4.69, 9.17) is 16.3 Å². The first-order valence-corrected chi connectivity index (χ1v) is 11.8. The summed E-state index contributed by atoms with van der Waals surface area (Å²) in [6.07, 6.45) is 5.45. The van der Waals surface area contributed by atoms with Crippen LogP contribution < -0.4 is 15.4 Å². The van der Waals surface area contributed by atoms with Crippen molar-refractivity contribution in [3.63, 3.8) is 0 Å². The first-order valence-electron chi connectivity index (χ1n) is 10.7. The maximum Gasteiger partial charge on any atom is 0.259 e. The van der Waals surface area contributed by atoms with Gasteiger partial charge in [0.15, 0.2) is 0 Å². The van der Waals surface area contributed by atoms with Crippen molar-refractivity contribution >= 4 is 45.0 Å². The topological polar surface area (TPSA) is 67.4 Å². The number of hydrogen-bond acceptors (Lipinski definition) is 3. The lowest BCUT2D eigenvalue weighted by molar-refractivity contribution is 0.0926. The molecule has 0 heterocycles. The number of rotatable bonds is 7. The van der Waals surface area contributed by atoms with Gasteiger partial charge in [-0.3, -0.25) is 9.59 Å². The molecule has 1 aliphatic carbocycles. The smallest absolute Gasteiger partial charge is 0.259 e. The molecule has 0 aliphatic heterocycles. The Morgan fingerprint density at radius 3 is 2.52 bits per heavy atom. The Morgan fingerprint density at radius 1 is 1.06 bits per heavy atom. The molecule has 2 N–H and O–H groups in total. The molecular weight excluding hydrogens is 480 g/mol. The highest BCUT2D eigenvalue weighted by Gasteiger charge is 2.20. The molecule has 7 heteroatoms. The number of ether oxygens (including phenoxy) is 1. The third-order valence-corrected chi connectivity index (χ3v) is 5.99. The Morgan fingerprint density at radius 2 is 1.81 bits per heavy atom. The fourth-order valence-corrected chi connectivity index (χ4v) is 4.11. The van der Waals surface area contributed by atoms with Crippen molar-refractivity contribution in [2.45, 2.75) is 52.0 Å². The van der Waals surface area contributed by atoms with Crippen LogP contribution in [-0.4, -0.2) is 24.5 Å². The molecule has 0 saturated heterocycles. The van der Waals surface area contributed by atoms with E-state index in [1.165, 1.54) is 6.42 Å². The van der Waals surface area contributed by atoms with Crippen LogP contribution in [0.2, 0.25) is 5.02 Å². The molecule has 0 radical (unpaired) electrons. The fourth-order valence-electron chi connectivity index (χ4n) is 3.55. The summed E-state index contributed by atoms with van der Waals surface area (Å²) in [5, 5.41) is 6.29. The molecule has 31 heavy (non-hydrogen) atoms. The van der Waals surface area contributed by atoms with Crippen LogP contribution in [0.4, 0.5) is 5.69 Å². The largest absolute Gasteiger partial charge is 0.492 e. The van der Waals surface area contributed by atoms with Crippen LogP contribution in [0, 0.1) is 5.92 Å². The van der Waals surface area contributed by atoms with Gasteiger partial charge in [-0.05, 0) is 55.2 Å². The molecule has 5 nitrogen and oxygen atoms in total. The second kappa shape index (κ2) is 11.0. The van der Waals surface area contributed by atoms with Gasteiger partial charge in [-0.25, -0.2) is 0 Å². The highest BCUT2D eigenvalue weighted by Crippen LogP contribution is 2.27. The number of halogens is 2. The van der Waals surface area contributed by atoms with Crippen LogP contribution in [0.15, 0.2) is 40.9 Å². The second-order valence-corrected chi connectivity index (χ2v) is 9.63. The van der Waals surface area contributed by atoms with Crippen molar-refractivity contribution in [2.75, 3.05) is 11.9 Å². The van der Waals surface area contributed by atoms with Gasteiger partial charge in [0.25, 0.3) is 11.8 Å². The van der Waals surface area contributed by atoms with Gasteiger partial charge >= 0.3 is 0 Å². The number of anilines is 1. The van der Waals surface area contributed by atoms with Crippen LogP contribution in [0.5, 0.6) is 5.75 Å². The summed E-state index contributed by atoms with van der Waals surface area (Å²) in [6, 6.07) is 10.4. The molecule has 2 amide bonds. The summed E-state index contributed by atoms with van der Waals surface area (Å²) < 4.78 is 6.59. The fraction of sp³-hybridized carbons (Fsp3) is 0.417. The minimum atomic E-state index is -0.319. The van der Waals surface area contributed by atoms with E-state index in [1.807, 2.05) is 19.9 Å². The molecule has 0 bridgehead atoms. The zero-order valence-electron chi connectivity index (χ0n) is 17.8. The van der Waals surface area contributed by atoms with Crippen LogP contribution in [0.25, 0.3) is 0 Å². The van der Waals surface area contributed by atoms with E-state index in [0.29, 0.717) is 40.1 Å². The summed E-state index contributed by atoms with van der Waals surface area (Å²) >= 11 is 9.69. The molecule has 0 spiro atoms. The Hall–Kier alpha value is -2.05. The summed E-state index contributed by atoms with van der Waals surface area (Å²) in [5.41, 5.74) is 1.27. The minimum absolute atomic E-state index is 0.179. The molecule has 0 unspecified atom stereocenters. The van der Waals surface area contributed by atoms with Crippen LogP contribution in [0.1, 0.15) is 66.7 Å². The maximum atomic E-state index is 13.0. The molecule has 1 saturated carbocycles. The highest BCUT2D eigenvalue weighted by atomic mass is 79.9. The molecule has 1 fully saturated rings. The third-order valence-electron chi connectivity index (χ3n) is 5.17. The quantitative estimate of drug-likeness (QED) is 0.452. The van der Waals surface area contributed by atoms with Crippen molar-refractivity contribution in [1.29, 1.82) is 0 Å². The first-order chi connectivity index (χ1) is 14.8. The number of carbonyl (C=O) groups excluding carboxylic acids is 2. The molecular formula is C24H28BrClN2O3. The van der Waals surface area contributed by atoms with E-state index in [1.54, 1.807) is 30.3 Å². The maximum absolute atomic E-state index is 13.0. The van der Waals surface area contributed by atoms with Crippen molar-refractivity contribution in [1.82, 2.24) is 5.32 Å². The SMILES string of the molecule is CC(C)COc1ccc(Br)cc1C(=O)Nc1ccc(Cl)c(C(=O)NC2CCCCC2)c1. The monoisotopic (exact) mass is 506 g/mol. The van der Waals surface area contributed by atoms with Crippen molar-refractivity contribution in [3.8, 4) is 5.75 Å². The normalized spacial score (nSPS) is 14.4. The van der Waals surface area contributed by atoms with Gasteiger partial charge in [-0.2, -0.15) is 0 Å². The van der Waals surface area contributed by atoms with Gasteiger partial charge in [-0.1, -0.05) is 60.6 Å². The lowest BCUT2D eigenvalue weighted by Gasteiger charge is -2.23. The van der Waals surface area contributed by atoms with Crippen LogP contribution >= 0.6 is 27.5 Å². The van der Waals surface area contributed by atoms with Gasteiger partial charge in [0, 0.05) is 16.2 Å². The van der Waals surface area contributed by atoms with Crippen molar-refractivity contribution < 1.29 is 14.3 Å². The van der Waals surface area contributed by atoms with E-state index in [0.717, 1.165) is 30.2 Å². The average molecular weight is 508 g/mol. The molecule has 166 valence electrons. The Balaban J connectivity index is 1.75. The van der Waals surface area contributed by atoms with Gasteiger partial charge in [-0.15, -0.1) is 0 Å². The number of amides is 2. The number of nitrogens with one attached hydrogen (secondary N) is 2. The zero-order chi connectivity index (χ0) is 22.4. The molecule has 3 rings (SSSR count). The lowest BCUT2D eigenvalue weighted by atomic mass is 9.95. The molecule has 0 atom stereocenters. The Labute approximate surface area is 197 Å². The zero-order valence-corrected chi connectivity index (χ0v) is 20.2. The third kappa shape index (κ3) is 6.71. The standard InChI is InChI=1S/C24H28BrClN2O3/c1-15(2)14-31-22-11-8-16(25)12-20(22)24(30)28-18-9-10-21(26)19(13-18)23(29)27-17-6-4-3-5-7-17/h8-13,15,17H,3-7,14H2,1-2H3,(H,27,29)(H,28,30). The predicted octanol–water partition coefficient (Wildman–Crippen LogP) is 6.45. The minimum Gasteiger partial charge on any atom is -0.492 e. The first kappa shape index (κ1) is 23.6. The summed E-state index contributed by atoms with van der Waals surface area (Å²) in [5.74, 6) is 0.317. The number of benzene rings is 2. The molecule has 1 aliphatic rings. The molecule has 0 aromatic heterocycles. The highest BCUT2D eigenvalue weighted by molar-refractivity contribution is 9.10. The Bertz CT molecular complexity index is 942. The van der Waals surface area contributed by atoms with E-state index in [9.17, 15) is 9.59 Å². The van der Waals surface area contributed by atoms with Gasteiger partial charge in [0.05, 0.1) is 22.8 Å². The lowest BCUT2D eigenvalue weighted by Crippen LogP contribution is -2.36. The van der Waals surface area contributed by atoms with Gasteiger partial charge < -0.3 is 15.4 Å². The predicted molar refractivity (Wildman–Crippen MR) is 128 cm³/mol. The Kier molecular flexibility index (Phi) is 8.38. The molecule has 2 aromatic carbocycles. The van der Waals surface area contributed by atoms with E-state index in [2.05, 4.69) is 26.6 Å². The summed E-state index contributed by atoms with van der Waals surface area (Å²) in [7, 11) is 0. The second-order valence-electron chi connectivity index (χ2n) is 8.30. The molecule has 2 aromatic rings. The summed E-state index contributed by atoms with van der Waals surface area (Å²) in [4.78, 5) is 25.7. The van der Waals surface area contributed by atoms with Gasteiger partial charge in [0.2, 0.25) is 0 Å². The van der Waals surface area contributed by atoms with E-state index < -0.39 is 0 Å². The van der Waals surface area contributed by atoms with E-state index >= 15 is 0 Å². The van der Waals surface area contributed by atoms with Crippen molar-refractivity contribution in [3.05, 3.63) is 57.0 Å². The average Bonchev–Trinajstić information content (AvgIpc) is 2.74. The number of carbonyl (C=O) groups is 2. The van der Waals surface area contributed by atoms with Crippen LogP contribution in [-0.2, 0) is 0 Å². The summed E-state index contributed by atoms with van der Waals surface area (Å²) in [6.45, 7) is 4.60. The number of hydrogen-bond donors (Lipinski definition) is 2. The van der Waals surface area contributed by atoms with E-state index in [-0.39, 0.29) is 17.9 Å². The van der Waals surface area contributed by atoms with Crippen LogP contribution in [0.3, 0.4) is 0 Å².